The van der Waals surface area contributed by atoms with Crippen LogP contribution in [0.2, 0.25) is 0 Å². The van der Waals surface area contributed by atoms with E-state index in [9.17, 15) is 0 Å². The lowest BCUT2D eigenvalue weighted by Crippen LogP contribution is -2.02. The third-order valence-corrected chi connectivity index (χ3v) is 1.85. The molecule has 0 saturated heterocycles. The zero-order valence-corrected chi connectivity index (χ0v) is 7.31. The van der Waals surface area contributed by atoms with E-state index >= 15 is 0 Å². The van der Waals surface area contributed by atoms with Crippen LogP contribution in [0.3, 0.4) is 0 Å². The van der Waals surface area contributed by atoms with Crippen LogP contribution in [0, 0.1) is 5.92 Å². The quantitative estimate of drug-likeness (QED) is 0.536. The van der Waals surface area contributed by atoms with Crippen LogP contribution in [0.25, 0.3) is 0 Å². The van der Waals surface area contributed by atoms with Crippen LogP contribution < -0.4 is 0 Å². The molecule has 0 fully saturated rings. The summed E-state index contributed by atoms with van der Waals surface area (Å²) in [7, 11) is 1.70. The molecule has 1 nitrogen and oxygen atoms in total. The van der Waals surface area contributed by atoms with Crippen LogP contribution in [0.5, 0.6) is 0 Å². The van der Waals surface area contributed by atoms with Gasteiger partial charge in [-0.25, -0.2) is 0 Å². The van der Waals surface area contributed by atoms with Gasteiger partial charge in [0.05, 0.1) is 12.9 Å². The van der Waals surface area contributed by atoms with Gasteiger partial charge in [-0.05, 0) is 12.8 Å². The van der Waals surface area contributed by atoms with E-state index < -0.39 is 0 Å². The van der Waals surface area contributed by atoms with Crippen molar-refractivity contribution in [3.8, 4) is 0 Å². The summed E-state index contributed by atoms with van der Waals surface area (Å²) in [5.41, 5.74) is 0. The van der Waals surface area contributed by atoms with Gasteiger partial charge in [-0.1, -0.05) is 26.8 Å². The maximum atomic E-state index is 5.06. The average molecular weight is 142 g/mol. The van der Waals surface area contributed by atoms with Crippen LogP contribution in [0.1, 0.15) is 33.1 Å². The molecular weight excluding hydrogens is 124 g/mol. The zero-order valence-electron chi connectivity index (χ0n) is 7.31. The molecule has 0 aromatic carbocycles. The first kappa shape index (κ1) is 9.54. The molecule has 0 aliphatic rings. The van der Waals surface area contributed by atoms with E-state index in [1.807, 2.05) is 0 Å². The predicted molar refractivity (Wildman–Crippen MR) is 44.8 cm³/mol. The molecule has 0 aliphatic carbocycles. The fourth-order valence-electron chi connectivity index (χ4n) is 1.11. The lowest BCUT2D eigenvalue weighted by Gasteiger charge is -2.14. The van der Waals surface area contributed by atoms with E-state index in [4.69, 9.17) is 4.74 Å². The van der Waals surface area contributed by atoms with E-state index in [1.54, 1.807) is 7.11 Å². The fourth-order valence-corrected chi connectivity index (χ4v) is 1.11. The van der Waals surface area contributed by atoms with Crippen molar-refractivity contribution in [1.82, 2.24) is 0 Å². The lowest BCUT2D eigenvalue weighted by atomic mass is 9.99. The van der Waals surface area contributed by atoms with Crippen LogP contribution in [0.4, 0.5) is 0 Å². The van der Waals surface area contributed by atoms with Crippen LogP contribution in [-0.4, -0.2) is 7.11 Å². The van der Waals surface area contributed by atoms with E-state index in [0.29, 0.717) is 5.92 Å². The van der Waals surface area contributed by atoms with Crippen molar-refractivity contribution in [2.45, 2.75) is 33.1 Å². The van der Waals surface area contributed by atoms with E-state index in [1.165, 1.54) is 12.8 Å². The minimum absolute atomic E-state index is 0.565. The van der Waals surface area contributed by atoms with Gasteiger partial charge in [0.2, 0.25) is 0 Å². The molecule has 0 rings (SSSR count). The number of ether oxygens (including phenoxy) is 1. The van der Waals surface area contributed by atoms with Gasteiger partial charge in [0.1, 0.15) is 0 Å². The summed E-state index contributed by atoms with van der Waals surface area (Å²) in [6, 6.07) is 0. The molecule has 0 N–H and O–H groups in total. The lowest BCUT2D eigenvalue weighted by molar-refractivity contribution is 0.234. The second-order valence-corrected chi connectivity index (χ2v) is 2.56. The number of allylic oxidation sites excluding steroid dienone is 1. The summed E-state index contributed by atoms with van der Waals surface area (Å²) in [6.07, 6.45) is 3.55. The van der Waals surface area contributed by atoms with Crippen molar-refractivity contribution < 1.29 is 4.74 Å². The van der Waals surface area contributed by atoms with Gasteiger partial charge in [-0.3, -0.25) is 0 Å². The molecule has 10 heavy (non-hydrogen) atoms. The van der Waals surface area contributed by atoms with Gasteiger partial charge in [-0.15, -0.1) is 0 Å². The Morgan fingerprint density at radius 1 is 1.50 bits per heavy atom. The van der Waals surface area contributed by atoms with Gasteiger partial charge in [0.25, 0.3) is 0 Å². The summed E-state index contributed by atoms with van der Waals surface area (Å²) in [6.45, 7) is 8.20. The predicted octanol–water partition coefficient (Wildman–Crippen LogP) is 2.97. The third-order valence-electron chi connectivity index (χ3n) is 1.85. The molecule has 1 unspecified atom stereocenters. The van der Waals surface area contributed by atoms with Gasteiger partial charge in [0, 0.05) is 5.92 Å². The Morgan fingerprint density at radius 2 is 2.10 bits per heavy atom. The minimum atomic E-state index is 0.565. The molecule has 0 aliphatic heterocycles. The molecular formula is C9H18O. The first-order valence-electron chi connectivity index (χ1n) is 3.99. The Balaban J connectivity index is 3.68. The highest BCUT2D eigenvalue weighted by Gasteiger charge is 2.08. The standard InChI is InChI=1S/C9H18O/c1-5-7-9(6-2)8(3)10-4/h9H,3,5-7H2,1-2,4H3. The van der Waals surface area contributed by atoms with Gasteiger partial charge in [0.15, 0.2) is 0 Å². The molecule has 60 valence electrons. The van der Waals surface area contributed by atoms with Crippen molar-refractivity contribution in [2.75, 3.05) is 7.11 Å². The number of rotatable bonds is 5. The minimum Gasteiger partial charge on any atom is -0.501 e. The van der Waals surface area contributed by atoms with Crippen molar-refractivity contribution >= 4 is 0 Å². The van der Waals surface area contributed by atoms with Crippen molar-refractivity contribution in [3.05, 3.63) is 12.3 Å². The number of hydrogen-bond donors (Lipinski definition) is 0. The summed E-state index contributed by atoms with van der Waals surface area (Å²) < 4.78 is 5.06. The molecule has 0 spiro atoms. The summed E-state index contributed by atoms with van der Waals surface area (Å²) >= 11 is 0. The molecule has 0 radical (unpaired) electrons. The van der Waals surface area contributed by atoms with Gasteiger partial charge in [-0.2, -0.15) is 0 Å². The fraction of sp³-hybridized carbons (Fsp3) is 0.778. The molecule has 0 bridgehead atoms. The molecule has 0 saturated carbocycles. The topological polar surface area (TPSA) is 9.23 Å². The van der Waals surface area contributed by atoms with Gasteiger partial charge < -0.3 is 4.74 Å². The van der Waals surface area contributed by atoms with Crippen LogP contribution >= 0.6 is 0 Å². The van der Waals surface area contributed by atoms with E-state index in [-0.39, 0.29) is 0 Å². The Morgan fingerprint density at radius 3 is 2.40 bits per heavy atom. The average Bonchev–Trinajstić information content (AvgIpc) is 1.99. The molecule has 0 aromatic heterocycles. The Bertz CT molecular complexity index is 96.9. The molecule has 1 heteroatoms. The SMILES string of the molecule is C=C(OC)C(CC)CCC. The summed E-state index contributed by atoms with van der Waals surface area (Å²) in [5, 5.41) is 0. The highest BCUT2D eigenvalue weighted by atomic mass is 16.5. The van der Waals surface area contributed by atoms with E-state index in [2.05, 4.69) is 20.4 Å². The Kier molecular flexibility index (Phi) is 5.09. The maximum absolute atomic E-state index is 5.06. The highest BCUT2D eigenvalue weighted by Crippen LogP contribution is 2.18. The largest absolute Gasteiger partial charge is 0.501 e. The second-order valence-electron chi connectivity index (χ2n) is 2.56. The Labute approximate surface area is 64.1 Å². The van der Waals surface area contributed by atoms with E-state index in [0.717, 1.165) is 12.2 Å². The molecule has 0 heterocycles. The maximum Gasteiger partial charge on any atom is 0.0914 e. The van der Waals surface area contributed by atoms with Crippen molar-refractivity contribution in [3.63, 3.8) is 0 Å². The summed E-state index contributed by atoms with van der Waals surface area (Å²) in [5.74, 6) is 1.50. The molecule has 0 aromatic rings. The number of methoxy groups -OCH3 is 1. The smallest absolute Gasteiger partial charge is 0.0914 e. The molecule has 0 amide bonds. The van der Waals surface area contributed by atoms with Crippen molar-refractivity contribution in [2.24, 2.45) is 5.92 Å². The zero-order chi connectivity index (χ0) is 7.98. The third kappa shape index (κ3) is 2.90. The van der Waals surface area contributed by atoms with Crippen LogP contribution in [0.15, 0.2) is 12.3 Å². The van der Waals surface area contributed by atoms with Gasteiger partial charge >= 0.3 is 0 Å². The van der Waals surface area contributed by atoms with Crippen LogP contribution in [-0.2, 0) is 4.74 Å². The summed E-state index contributed by atoms with van der Waals surface area (Å²) in [4.78, 5) is 0. The normalized spacial score (nSPS) is 12.7. The monoisotopic (exact) mass is 142 g/mol. The first-order valence-corrected chi connectivity index (χ1v) is 3.99. The first-order chi connectivity index (χ1) is 4.76. The highest BCUT2D eigenvalue weighted by molar-refractivity contribution is 4.89. The second kappa shape index (κ2) is 5.33. The number of hydrogen-bond acceptors (Lipinski definition) is 1. The van der Waals surface area contributed by atoms with Crippen molar-refractivity contribution in [1.29, 1.82) is 0 Å². The molecule has 1 atom stereocenters. The Hall–Kier alpha value is -0.460.